The van der Waals surface area contributed by atoms with Crippen LogP contribution in [-0.2, 0) is 0 Å². The van der Waals surface area contributed by atoms with E-state index in [1.54, 1.807) is 0 Å². The molecule has 0 fully saturated rings. The molecule has 0 saturated heterocycles. The summed E-state index contributed by atoms with van der Waals surface area (Å²) < 4.78 is 0. The second-order valence-corrected chi connectivity index (χ2v) is 4.71. The van der Waals surface area contributed by atoms with Gasteiger partial charge in [-0.15, -0.1) is 0 Å². The Bertz CT molecular complexity index is 380. The first-order valence-electron chi connectivity index (χ1n) is 6.77. The lowest BCUT2D eigenvalue weighted by Gasteiger charge is -2.08. The largest absolute Gasteiger partial charge is 0.316 e. The molecular formula is C17H25N. The van der Waals surface area contributed by atoms with Crippen LogP contribution in [-0.4, -0.2) is 13.6 Å². The van der Waals surface area contributed by atoms with Crippen molar-refractivity contribution in [3.63, 3.8) is 0 Å². The van der Waals surface area contributed by atoms with Crippen LogP contribution < -0.4 is 5.32 Å². The van der Waals surface area contributed by atoms with Gasteiger partial charge in [0.25, 0.3) is 0 Å². The lowest BCUT2D eigenvalue weighted by atomic mass is 9.97. The van der Waals surface area contributed by atoms with Crippen LogP contribution in [0.3, 0.4) is 0 Å². The first kappa shape index (κ1) is 14.7. The lowest BCUT2D eigenvalue weighted by molar-refractivity contribution is 0.918. The van der Waals surface area contributed by atoms with Gasteiger partial charge >= 0.3 is 0 Å². The minimum atomic E-state index is 0.472. The van der Waals surface area contributed by atoms with E-state index < -0.39 is 0 Å². The monoisotopic (exact) mass is 243 g/mol. The molecule has 0 bridgehead atoms. The Morgan fingerprint density at radius 1 is 1.22 bits per heavy atom. The first-order valence-corrected chi connectivity index (χ1v) is 6.77. The predicted octanol–water partition coefficient (Wildman–Crippen LogP) is 4.18. The van der Waals surface area contributed by atoms with E-state index in [1.807, 2.05) is 7.05 Å². The SMILES string of the molecule is CNC/C=C\C=C/C(C)/C=C\C1=CCCC=C1C. The summed E-state index contributed by atoms with van der Waals surface area (Å²) in [5, 5.41) is 3.08. The van der Waals surface area contributed by atoms with Crippen molar-refractivity contribution in [2.24, 2.45) is 5.92 Å². The van der Waals surface area contributed by atoms with Crippen LogP contribution in [0.5, 0.6) is 0 Å². The minimum Gasteiger partial charge on any atom is -0.316 e. The minimum absolute atomic E-state index is 0.472. The van der Waals surface area contributed by atoms with Gasteiger partial charge in [0.15, 0.2) is 0 Å². The number of hydrogen-bond acceptors (Lipinski definition) is 1. The van der Waals surface area contributed by atoms with E-state index in [4.69, 9.17) is 0 Å². The van der Waals surface area contributed by atoms with Gasteiger partial charge in [-0.05, 0) is 43.9 Å². The van der Waals surface area contributed by atoms with Crippen molar-refractivity contribution in [3.8, 4) is 0 Å². The van der Waals surface area contributed by atoms with Crippen molar-refractivity contribution < 1.29 is 0 Å². The number of likely N-dealkylation sites (N-methyl/N-ethyl adjacent to an activating group) is 1. The zero-order valence-electron chi connectivity index (χ0n) is 11.8. The summed E-state index contributed by atoms with van der Waals surface area (Å²) in [6.07, 6.45) is 20.1. The summed E-state index contributed by atoms with van der Waals surface area (Å²) in [6, 6.07) is 0. The standard InChI is InChI=1S/C17H25N/c1-15(9-5-4-8-14-18-3)12-13-17-11-7-6-10-16(17)2/h4-5,8-13,15,18H,6-7,14H2,1-3H3/b8-4-,9-5-,13-12-. The molecule has 0 aromatic rings. The van der Waals surface area contributed by atoms with Crippen LogP contribution in [0, 0.1) is 5.92 Å². The van der Waals surface area contributed by atoms with Gasteiger partial charge in [-0.25, -0.2) is 0 Å². The summed E-state index contributed by atoms with van der Waals surface area (Å²) in [7, 11) is 1.95. The number of hydrogen-bond donors (Lipinski definition) is 1. The van der Waals surface area contributed by atoms with Crippen molar-refractivity contribution in [1.82, 2.24) is 5.32 Å². The molecule has 0 heterocycles. The van der Waals surface area contributed by atoms with Crippen LogP contribution >= 0.6 is 0 Å². The molecule has 0 amide bonds. The molecule has 0 aliphatic heterocycles. The van der Waals surface area contributed by atoms with E-state index in [0.717, 1.165) is 6.54 Å². The van der Waals surface area contributed by atoms with Crippen LogP contribution in [0.15, 0.2) is 59.8 Å². The third kappa shape index (κ3) is 5.83. The maximum atomic E-state index is 3.08. The quantitative estimate of drug-likeness (QED) is 0.690. The molecule has 0 saturated carbocycles. The fourth-order valence-corrected chi connectivity index (χ4v) is 1.84. The average molecular weight is 243 g/mol. The van der Waals surface area contributed by atoms with E-state index in [-0.39, 0.29) is 0 Å². The van der Waals surface area contributed by atoms with Crippen molar-refractivity contribution in [1.29, 1.82) is 0 Å². The van der Waals surface area contributed by atoms with Gasteiger partial charge in [-0.2, -0.15) is 0 Å². The number of nitrogens with one attached hydrogen (secondary N) is 1. The first-order chi connectivity index (χ1) is 8.74. The van der Waals surface area contributed by atoms with E-state index in [2.05, 4.69) is 67.8 Å². The van der Waals surface area contributed by atoms with Crippen molar-refractivity contribution in [2.75, 3.05) is 13.6 Å². The molecular weight excluding hydrogens is 218 g/mol. The van der Waals surface area contributed by atoms with E-state index >= 15 is 0 Å². The topological polar surface area (TPSA) is 12.0 Å². The Hall–Kier alpha value is -1.34. The van der Waals surface area contributed by atoms with Crippen molar-refractivity contribution in [2.45, 2.75) is 26.7 Å². The fraction of sp³-hybridized carbons (Fsp3) is 0.412. The second kappa shape index (κ2) is 8.71. The van der Waals surface area contributed by atoms with Gasteiger partial charge in [0, 0.05) is 6.54 Å². The van der Waals surface area contributed by atoms with E-state index in [9.17, 15) is 0 Å². The molecule has 0 aromatic heterocycles. The Kier molecular flexibility index (Phi) is 7.12. The van der Waals surface area contributed by atoms with Gasteiger partial charge in [-0.3, -0.25) is 0 Å². The molecule has 0 aromatic carbocycles. The van der Waals surface area contributed by atoms with Gasteiger partial charge in [0.1, 0.15) is 0 Å². The molecule has 1 aliphatic rings. The molecule has 1 aliphatic carbocycles. The molecule has 1 nitrogen and oxygen atoms in total. The Morgan fingerprint density at radius 3 is 2.72 bits per heavy atom. The van der Waals surface area contributed by atoms with Gasteiger partial charge in [-0.1, -0.05) is 55.5 Å². The highest BCUT2D eigenvalue weighted by molar-refractivity contribution is 5.40. The van der Waals surface area contributed by atoms with E-state index in [1.165, 1.54) is 24.0 Å². The Balaban J connectivity index is 2.42. The highest BCUT2D eigenvalue weighted by Crippen LogP contribution is 2.19. The van der Waals surface area contributed by atoms with Crippen LogP contribution in [0.1, 0.15) is 26.7 Å². The zero-order chi connectivity index (χ0) is 13.2. The highest BCUT2D eigenvalue weighted by Gasteiger charge is 2.00. The molecule has 1 atom stereocenters. The van der Waals surface area contributed by atoms with Gasteiger partial charge < -0.3 is 5.32 Å². The predicted molar refractivity (Wildman–Crippen MR) is 81.6 cm³/mol. The normalized spacial score (nSPS) is 18.6. The zero-order valence-corrected chi connectivity index (χ0v) is 11.8. The molecule has 98 valence electrons. The summed E-state index contributed by atoms with van der Waals surface area (Å²) in [5.74, 6) is 0.472. The second-order valence-electron chi connectivity index (χ2n) is 4.71. The molecule has 1 unspecified atom stereocenters. The third-order valence-corrected chi connectivity index (χ3v) is 3.00. The fourth-order valence-electron chi connectivity index (χ4n) is 1.84. The third-order valence-electron chi connectivity index (χ3n) is 3.00. The lowest BCUT2D eigenvalue weighted by Crippen LogP contribution is -2.03. The van der Waals surface area contributed by atoms with E-state index in [0.29, 0.717) is 5.92 Å². The molecule has 1 N–H and O–H groups in total. The molecule has 18 heavy (non-hydrogen) atoms. The highest BCUT2D eigenvalue weighted by atomic mass is 14.8. The van der Waals surface area contributed by atoms with Gasteiger partial charge in [0.2, 0.25) is 0 Å². The molecule has 0 spiro atoms. The van der Waals surface area contributed by atoms with Crippen LogP contribution in [0.4, 0.5) is 0 Å². The molecule has 0 radical (unpaired) electrons. The molecule has 1 heteroatoms. The summed E-state index contributed by atoms with van der Waals surface area (Å²) in [5.41, 5.74) is 2.79. The Labute approximate surface area is 112 Å². The van der Waals surface area contributed by atoms with Crippen molar-refractivity contribution >= 4 is 0 Å². The molecule has 1 rings (SSSR count). The maximum absolute atomic E-state index is 3.08. The average Bonchev–Trinajstić information content (AvgIpc) is 2.37. The summed E-state index contributed by atoms with van der Waals surface area (Å²) >= 11 is 0. The van der Waals surface area contributed by atoms with Crippen molar-refractivity contribution in [3.05, 3.63) is 59.8 Å². The smallest absolute Gasteiger partial charge is 0.0134 e. The van der Waals surface area contributed by atoms with Gasteiger partial charge in [0.05, 0.1) is 0 Å². The summed E-state index contributed by atoms with van der Waals surface area (Å²) in [4.78, 5) is 0. The van der Waals surface area contributed by atoms with Crippen LogP contribution in [0.25, 0.3) is 0 Å². The van der Waals surface area contributed by atoms with Crippen LogP contribution in [0.2, 0.25) is 0 Å². The summed E-state index contributed by atoms with van der Waals surface area (Å²) in [6.45, 7) is 5.32. The Morgan fingerprint density at radius 2 is 2.00 bits per heavy atom. The number of allylic oxidation sites excluding steroid dienone is 9. The number of rotatable bonds is 6. The maximum Gasteiger partial charge on any atom is 0.0134 e.